The molecule has 2 aliphatic heterocycles. The lowest BCUT2D eigenvalue weighted by Gasteiger charge is -2.32. The predicted molar refractivity (Wildman–Crippen MR) is 44.4 cm³/mol. The van der Waals surface area contributed by atoms with Crippen molar-refractivity contribution < 1.29 is 14.3 Å². The van der Waals surface area contributed by atoms with Crippen molar-refractivity contribution in [1.82, 2.24) is 10.6 Å². The third-order valence-corrected chi connectivity index (χ3v) is 2.89. The van der Waals surface area contributed by atoms with Gasteiger partial charge in [0, 0.05) is 12.1 Å². The van der Waals surface area contributed by atoms with E-state index in [9.17, 15) is 9.18 Å². The van der Waals surface area contributed by atoms with Crippen molar-refractivity contribution in [2.75, 3.05) is 0 Å². The fourth-order valence-corrected chi connectivity index (χ4v) is 2.30. The Morgan fingerprint density at radius 1 is 1.54 bits per heavy atom. The van der Waals surface area contributed by atoms with Gasteiger partial charge in [0.25, 0.3) is 0 Å². The smallest absolute Gasteiger partial charge is 0.404 e. The van der Waals surface area contributed by atoms with E-state index >= 15 is 0 Å². The summed E-state index contributed by atoms with van der Waals surface area (Å²) in [4.78, 5) is 10.3. The Kier molecular flexibility index (Phi) is 2.11. The molecule has 0 aromatic carbocycles. The number of nitrogens with one attached hydrogen (secondary N) is 2. The molecule has 2 saturated heterocycles. The molecule has 0 aromatic heterocycles. The summed E-state index contributed by atoms with van der Waals surface area (Å²) >= 11 is 0. The third-order valence-electron chi connectivity index (χ3n) is 2.89. The predicted octanol–water partition coefficient (Wildman–Crippen LogP) is 0.485. The summed E-state index contributed by atoms with van der Waals surface area (Å²) in [6.07, 6.45) is 0.153. The highest BCUT2D eigenvalue weighted by Gasteiger charge is 2.42. The van der Waals surface area contributed by atoms with E-state index < -0.39 is 18.3 Å². The lowest BCUT2D eigenvalue weighted by Crippen LogP contribution is -2.55. The summed E-state index contributed by atoms with van der Waals surface area (Å²) in [6.45, 7) is 0. The maximum atomic E-state index is 13.5. The average Bonchev–Trinajstić information content (AvgIpc) is 2.44. The molecule has 1 amide bonds. The van der Waals surface area contributed by atoms with Gasteiger partial charge in [-0.2, -0.15) is 0 Å². The molecule has 2 fully saturated rings. The van der Waals surface area contributed by atoms with E-state index in [0.717, 1.165) is 12.8 Å². The first-order valence-electron chi connectivity index (χ1n) is 4.56. The number of halogens is 1. The van der Waals surface area contributed by atoms with E-state index in [-0.39, 0.29) is 6.04 Å². The normalized spacial score (nSPS) is 43.2. The number of hydrogen-bond acceptors (Lipinski definition) is 2. The van der Waals surface area contributed by atoms with Crippen molar-refractivity contribution in [3.8, 4) is 0 Å². The van der Waals surface area contributed by atoms with Gasteiger partial charge in [0.15, 0.2) is 0 Å². The molecule has 0 unspecified atom stereocenters. The lowest BCUT2D eigenvalue weighted by molar-refractivity contribution is 0.140. The van der Waals surface area contributed by atoms with Crippen molar-refractivity contribution >= 4 is 6.09 Å². The van der Waals surface area contributed by atoms with Gasteiger partial charge in [0.2, 0.25) is 0 Å². The minimum Gasteiger partial charge on any atom is -0.465 e. The Hall–Kier alpha value is -0.840. The third kappa shape index (κ3) is 1.60. The van der Waals surface area contributed by atoms with Gasteiger partial charge in [-0.3, -0.25) is 0 Å². The number of amides is 1. The minimum absolute atomic E-state index is 0.143. The summed E-state index contributed by atoms with van der Waals surface area (Å²) in [6, 6.07) is -0.360. The van der Waals surface area contributed by atoms with E-state index in [1.54, 1.807) is 0 Å². The van der Waals surface area contributed by atoms with Crippen molar-refractivity contribution in [2.45, 2.75) is 43.6 Å². The fourth-order valence-electron chi connectivity index (χ4n) is 2.30. The molecule has 0 radical (unpaired) electrons. The van der Waals surface area contributed by atoms with E-state index in [1.807, 2.05) is 0 Å². The maximum absolute atomic E-state index is 13.5. The Balaban J connectivity index is 2.00. The number of hydrogen-bond donors (Lipinski definition) is 3. The van der Waals surface area contributed by atoms with Crippen LogP contribution >= 0.6 is 0 Å². The standard InChI is InChI=1S/C8H13FN2O2/c9-7-5-2-1-4(10-5)3-6(7)11-8(12)13/h4-7,10-11H,1-3H2,(H,12,13)/t4-,5+,6-,7+/m0/s1. The second-order valence-electron chi connectivity index (χ2n) is 3.78. The second kappa shape index (κ2) is 3.14. The van der Waals surface area contributed by atoms with Crippen molar-refractivity contribution in [2.24, 2.45) is 0 Å². The van der Waals surface area contributed by atoms with Crippen LogP contribution in [-0.4, -0.2) is 35.5 Å². The van der Waals surface area contributed by atoms with Gasteiger partial charge in [-0.1, -0.05) is 0 Å². The number of rotatable bonds is 1. The van der Waals surface area contributed by atoms with Crippen LogP contribution in [0.5, 0.6) is 0 Å². The zero-order chi connectivity index (χ0) is 9.42. The SMILES string of the molecule is O=C(O)N[C@H]1C[C@@H]2CC[C@@H](N2)[C@H]1F. The van der Waals surface area contributed by atoms with Gasteiger partial charge < -0.3 is 15.7 Å². The molecule has 2 rings (SSSR count). The molecular weight excluding hydrogens is 175 g/mol. The number of alkyl halides is 1. The Morgan fingerprint density at radius 2 is 2.31 bits per heavy atom. The molecule has 74 valence electrons. The highest BCUT2D eigenvalue weighted by Crippen LogP contribution is 2.29. The molecule has 2 heterocycles. The molecule has 13 heavy (non-hydrogen) atoms. The summed E-state index contributed by atoms with van der Waals surface area (Å²) in [5, 5.41) is 13.8. The van der Waals surface area contributed by atoms with Crippen LogP contribution in [-0.2, 0) is 0 Å². The molecule has 2 aliphatic rings. The maximum Gasteiger partial charge on any atom is 0.404 e. The van der Waals surface area contributed by atoms with Crippen LogP contribution < -0.4 is 10.6 Å². The first-order chi connectivity index (χ1) is 6.16. The van der Waals surface area contributed by atoms with Crippen molar-refractivity contribution in [1.29, 1.82) is 0 Å². The highest BCUT2D eigenvalue weighted by atomic mass is 19.1. The number of fused-ring (bicyclic) bond motifs is 2. The zero-order valence-corrected chi connectivity index (χ0v) is 7.16. The lowest BCUT2D eigenvalue weighted by atomic mass is 9.98. The highest BCUT2D eigenvalue weighted by molar-refractivity contribution is 5.65. The quantitative estimate of drug-likeness (QED) is 0.561. The van der Waals surface area contributed by atoms with Crippen molar-refractivity contribution in [3.05, 3.63) is 0 Å². The Bertz CT molecular complexity index is 224. The van der Waals surface area contributed by atoms with Gasteiger partial charge in [-0.25, -0.2) is 9.18 Å². The Labute approximate surface area is 75.5 Å². The van der Waals surface area contributed by atoms with Gasteiger partial charge in [0.1, 0.15) is 6.17 Å². The second-order valence-corrected chi connectivity index (χ2v) is 3.78. The van der Waals surface area contributed by atoms with Gasteiger partial charge in [-0.05, 0) is 19.3 Å². The summed E-state index contributed by atoms with van der Waals surface area (Å²) < 4.78 is 13.5. The van der Waals surface area contributed by atoms with Crippen molar-refractivity contribution in [3.63, 3.8) is 0 Å². The van der Waals surface area contributed by atoms with Crippen LogP contribution in [0.3, 0.4) is 0 Å². The topological polar surface area (TPSA) is 61.4 Å². The molecule has 0 aromatic rings. The summed E-state index contributed by atoms with van der Waals surface area (Å²) in [5.74, 6) is 0. The van der Waals surface area contributed by atoms with Gasteiger partial charge >= 0.3 is 6.09 Å². The van der Waals surface area contributed by atoms with Crippen LogP contribution in [0, 0.1) is 0 Å². The molecule has 5 heteroatoms. The van der Waals surface area contributed by atoms with Crippen LogP contribution in [0.25, 0.3) is 0 Å². The molecule has 0 aliphatic carbocycles. The first-order valence-corrected chi connectivity index (χ1v) is 4.56. The first kappa shape index (κ1) is 8.74. The fraction of sp³-hybridized carbons (Fsp3) is 0.875. The molecule has 3 N–H and O–H groups in total. The zero-order valence-electron chi connectivity index (χ0n) is 7.16. The Morgan fingerprint density at radius 3 is 3.00 bits per heavy atom. The van der Waals surface area contributed by atoms with E-state index in [4.69, 9.17) is 5.11 Å². The summed E-state index contributed by atoms with van der Waals surface area (Å²) in [5.41, 5.74) is 0. The van der Waals surface area contributed by atoms with Crippen LogP contribution in [0.4, 0.5) is 9.18 Å². The van der Waals surface area contributed by atoms with E-state index in [0.29, 0.717) is 12.5 Å². The molecule has 0 saturated carbocycles. The van der Waals surface area contributed by atoms with Gasteiger partial charge in [-0.15, -0.1) is 0 Å². The molecule has 0 spiro atoms. The summed E-state index contributed by atoms with van der Waals surface area (Å²) in [7, 11) is 0. The molecule has 2 bridgehead atoms. The van der Waals surface area contributed by atoms with Crippen LogP contribution in [0.15, 0.2) is 0 Å². The van der Waals surface area contributed by atoms with E-state index in [2.05, 4.69) is 10.6 Å². The number of carbonyl (C=O) groups is 1. The number of piperidine rings is 1. The molecule has 4 nitrogen and oxygen atoms in total. The van der Waals surface area contributed by atoms with Gasteiger partial charge in [0.05, 0.1) is 6.04 Å². The molecular formula is C8H13FN2O2. The number of carboxylic acid groups (broad SMARTS) is 1. The average molecular weight is 188 g/mol. The monoisotopic (exact) mass is 188 g/mol. The largest absolute Gasteiger partial charge is 0.465 e. The minimum atomic E-state index is -1.13. The van der Waals surface area contributed by atoms with Crippen LogP contribution in [0.2, 0.25) is 0 Å². The van der Waals surface area contributed by atoms with E-state index in [1.165, 1.54) is 0 Å². The molecule has 4 atom stereocenters. The van der Waals surface area contributed by atoms with Crippen LogP contribution in [0.1, 0.15) is 19.3 Å².